The first-order valence-electron chi connectivity index (χ1n) is 6.17. The van der Waals surface area contributed by atoms with Gasteiger partial charge in [-0.25, -0.2) is 4.79 Å². The Labute approximate surface area is 111 Å². The minimum atomic E-state index is -0.472. The molecule has 0 unspecified atom stereocenters. The molecule has 7 heteroatoms. The summed E-state index contributed by atoms with van der Waals surface area (Å²) in [5.41, 5.74) is -0.374. The van der Waals surface area contributed by atoms with Crippen LogP contribution in [0.1, 0.15) is 5.56 Å². The summed E-state index contributed by atoms with van der Waals surface area (Å²) < 4.78 is 7.39. The fourth-order valence-electron chi connectivity index (χ4n) is 1.57. The molecule has 7 nitrogen and oxygen atoms in total. The zero-order valence-electron chi connectivity index (χ0n) is 11.7. The molecule has 1 aromatic heterocycles. The van der Waals surface area contributed by atoms with E-state index in [0.717, 1.165) is 6.54 Å². The Morgan fingerprint density at radius 1 is 1.37 bits per heavy atom. The van der Waals surface area contributed by atoms with Crippen LogP contribution in [0.4, 0.5) is 0 Å². The second-order valence-electron chi connectivity index (χ2n) is 5.19. The van der Waals surface area contributed by atoms with Crippen LogP contribution in [-0.2, 0) is 11.5 Å². The number of nitrogens with zero attached hydrogens (tertiary/aromatic N) is 2. The Bertz CT molecular complexity index is 518. The van der Waals surface area contributed by atoms with E-state index < -0.39 is 5.69 Å². The van der Waals surface area contributed by atoms with Gasteiger partial charge in [0.15, 0.2) is 0 Å². The van der Waals surface area contributed by atoms with Gasteiger partial charge in [-0.3, -0.25) is 14.3 Å². The third kappa shape index (κ3) is 4.98. The predicted octanol–water partition coefficient (Wildman–Crippen LogP) is -1.11. The fourth-order valence-corrected chi connectivity index (χ4v) is 1.57. The van der Waals surface area contributed by atoms with E-state index in [1.54, 1.807) is 6.92 Å². The van der Waals surface area contributed by atoms with Crippen molar-refractivity contribution in [3.8, 4) is 0 Å². The monoisotopic (exact) mass is 272 g/mol. The topological polar surface area (TPSA) is 84.3 Å². The Morgan fingerprint density at radius 2 is 2.05 bits per heavy atom. The van der Waals surface area contributed by atoms with E-state index in [-0.39, 0.29) is 18.9 Å². The van der Waals surface area contributed by atoms with E-state index >= 15 is 0 Å². The lowest BCUT2D eigenvalue weighted by atomic mass is 10.4. The van der Waals surface area contributed by atoms with E-state index in [9.17, 15) is 9.59 Å². The van der Waals surface area contributed by atoms with Crippen molar-refractivity contribution in [1.29, 1.82) is 0 Å². The van der Waals surface area contributed by atoms with Gasteiger partial charge < -0.3 is 14.3 Å². The molecule has 0 amide bonds. The van der Waals surface area contributed by atoms with Crippen LogP contribution in [-0.4, -0.2) is 59.5 Å². The number of rotatable bonds is 7. The summed E-state index contributed by atoms with van der Waals surface area (Å²) in [6.07, 6.45) is 1.48. The Balaban J connectivity index is 2.48. The zero-order chi connectivity index (χ0) is 14.5. The first-order chi connectivity index (χ1) is 8.85. The SMILES string of the molecule is Cc1cn(COCC[N+](C)(C)CCO)c(=O)[nH]c1=O. The van der Waals surface area contributed by atoms with Gasteiger partial charge >= 0.3 is 5.69 Å². The third-order valence-electron chi connectivity index (χ3n) is 2.97. The number of quaternary nitrogens is 1. The minimum absolute atomic E-state index is 0.107. The van der Waals surface area contributed by atoms with Crippen molar-refractivity contribution in [3.05, 3.63) is 32.6 Å². The predicted molar refractivity (Wildman–Crippen MR) is 70.9 cm³/mol. The molecule has 0 aromatic carbocycles. The number of hydrogen-bond acceptors (Lipinski definition) is 4. The second kappa shape index (κ2) is 6.65. The van der Waals surface area contributed by atoms with Crippen molar-refractivity contribution >= 4 is 0 Å². The van der Waals surface area contributed by atoms with Gasteiger partial charge in [-0.05, 0) is 6.92 Å². The third-order valence-corrected chi connectivity index (χ3v) is 2.97. The first kappa shape index (κ1) is 15.6. The lowest BCUT2D eigenvalue weighted by Gasteiger charge is -2.28. The maximum Gasteiger partial charge on any atom is 0.330 e. The average Bonchev–Trinajstić information content (AvgIpc) is 2.30. The molecule has 0 aliphatic heterocycles. The number of aliphatic hydroxyl groups excluding tert-OH is 1. The molecule has 1 aromatic rings. The highest BCUT2D eigenvalue weighted by atomic mass is 16.5. The quantitative estimate of drug-likeness (QED) is 0.487. The molecule has 0 aliphatic rings. The van der Waals surface area contributed by atoms with Gasteiger partial charge in [-0.1, -0.05) is 0 Å². The van der Waals surface area contributed by atoms with Crippen molar-refractivity contribution in [2.24, 2.45) is 0 Å². The molecule has 0 aliphatic carbocycles. The van der Waals surface area contributed by atoms with Crippen LogP contribution >= 0.6 is 0 Å². The van der Waals surface area contributed by atoms with Gasteiger partial charge in [0.05, 0.1) is 27.3 Å². The number of nitrogens with one attached hydrogen (secondary N) is 1. The molecule has 1 heterocycles. The van der Waals surface area contributed by atoms with E-state index in [1.807, 2.05) is 14.1 Å². The van der Waals surface area contributed by atoms with Crippen molar-refractivity contribution in [1.82, 2.24) is 9.55 Å². The molecular weight excluding hydrogens is 250 g/mol. The fraction of sp³-hybridized carbons (Fsp3) is 0.667. The van der Waals surface area contributed by atoms with Gasteiger partial charge in [0.2, 0.25) is 0 Å². The van der Waals surface area contributed by atoms with Crippen molar-refractivity contribution in [2.75, 3.05) is 40.4 Å². The maximum atomic E-state index is 11.5. The smallest absolute Gasteiger partial charge is 0.330 e. The molecule has 0 spiro atoms. The lowest BCUT2D eigenvalue weighted by Crippen LogP contribution is -2.44. The molecule has 0 radical (unpaired) electrons. The molecule has 2 N–H and O–H groups in total. The number of H-pyrrole nitrogens is 1. The van der Waals surface area contributed by atoms with Crippen LogP contribution in [0, 0.1) is 6.92 Å². The van der Waals surface area contributed by atoms with Crippen LogP contribution in [0.2, 0.25) is 0 Å². The summed E-state index contributed by atoms with van der Waals surface area (Å²) >= 11 is 0. The molecule has 1 rings (SSSR count). The number of aromatic nitrogens is 2. The van der Waals surface area contributed by atoms with E-state index in [4.69, 9.17) is 9.84 Å². The number of aliphatic hydroxyl groups is 1. The Hall–Kier alpha value is -1.44. The van der Waals surface area contributed by atoms with E-state index in [1.165, 1.54) is 10.8 Å². The molecule has 0 fully saturated rings. The van der Waals surface area contributed by atoms with Gasteiger partial charge in [0.25, 0.3) is 5.56 Å². The number of ether oxygens (including phenoxy) is 1. The molecular formula is C12H22N3O4+. The zero-order valence-corrected chi connectivity index (χ0v) is 11.7. The minimum Gasteiger partial charge on any atom is -0.391 e. The molecule has 0 bridgehead atoms. The van der Waals surface area contributed by atoms with Gasteiger partial charge in [-0.15, -0.1) is 0 Å². The molecule has 0 saturated heterocycles. The number of aryl methyl sites for hydroxylation is 1. The molecule has 108 valence electrons. The lowest BCUT2D eigenvalue weighted by molar-refractivity contribution is -0.891. The standard InChI is InChI=1S/C12H21N3O4/c1-10-8-14(12(18)13-11(10)17)9-19-7-5-15(2,3)4-6-16/h8,16H,4-7,9H2,1-3H3/p+1. The molecule has 19 heavy (non-hydrogen) atoms. The summed E-state index contributed by atoms with van der Waals surface area (Å²) in [5, 5.41) is 8.89. The maximum absolute atomic E-state index is 11.5. The largest absolute Gasteiger partial charge is 0.391 e. The molecule has 0 saturated carbocycles. The van der Waals surface area contributed by atoms with Crippen molar-refractivity contribution < 1.29 is 14.3 Å². The summed E-state index contributed by atoms with van der Waals surface area (Å²) in [7, 11) is 3.99. The van der Waals surface area contributed by atoms with Gasteiger partial charge in [0, 0.05) is 11.8 Å². The van der Waals surface area contributed by atoms with Crippen LogP contribution < -0.4 is 11.2 Å². The second-order valence-corrected chi connectivity index (χ2v) is 5.19. The Morgan fingerprint density at radius 3 is 2.68 bits per heavy atom. The summed E-state index contributed by atoms with van der Waals surface area (Å²) in [5.74, 6) is 0. The van der Waals surface area contributed by atoms with Crippen LogP contribution in [0.3, 0.4) is 0 Å². The average molecular weight is 272 g/mol. The van der Waals surface area contributed by atoms with E-state index in [2.05, 4.69) is 4.98 Å². The van der Waals surface area contributed by atoms with Crippen LogP contribution in [0.5, 0.6) is 0 Å². The highest BCUT2D eigenvalue weighted by Gasteiger charge is 2.13. The van der Waals surface area contributed by atoms with Gasteiger partial charge in [0.1, 0.15) is 19.8 Å². The normalized spacial score (nSPS) is 11.8. The van der Waals surface area contributed by atoms with E-state index in [0.29, 0.717) is 23.2 Å². The Kier molecular flexibility index (Phi) is 5.46. The van der Waals surface area contributed by atoms with Gasteiger partial charge in [-0.2, -0.15) is 0 Å². The summed E-state index contributed by atoms with van der Waals surface area (Å²) in [6.45, 7) is 3.73. The van der Waals surface area contributed by atoms with Crippen molar-refractivity contribution in [2.45, 2.75) is 13.7 Å². The van der Waals surface area contributed by atoms with Crippen LogP contribution in [0.15, 0.2) is 15.8 Å². The summed E-state index contributed by atoms with van der Waals surface area (Å²) in [6, 6.07) is 0. The highest BCUT2D eigenvalue weighted by molar-refractivity contribution is 5.00. The number of hydrogen-bond donors (Lipinski definition) is 2. The first-order valence-corrected chi connectivity index (χ1v) is 6.17. The summed E-state index contributed by atoms with van der Waals surface area (Å²) in [4.78, 5) is 24.9. The van der Waals surface area contributed by atoms with Crippen LogP contribution in [0.25, 0.3) is 0 Å². The number of aromatic amines is 1. The number of likely N-dealkylation sites (N-methyl/N-ethyl adjacent to an activating group) is 1. The van der Waals surface area contributed by atoms with Crippen molar-refractivity contribution in [3.63, 3.8) is 0 Å². The molecule has 0 atom stereocenters. The highest BCUT2D eigenvalue weighted by Crippen LogP contribution is 1.96.